The first-order valence-electron chi connectivity index (χ1n) is 4.84. The monoisotopic (exact) mass is 225 g/mol. The van der Waals surface area contributed by atoms with Gasteiger partial charge in [-0.3, -0.25) is 4.79 Å². The summed E-state index contributed by atoms with van der Waals surface area (Å²) >= 11 is 0. The van der Waals surface area contributed by atoms with E-state index < -0.39 is 12.0 Å². The number of aliphatic carboxylic acids is 1. The zero-order chi connectivity index (χ0) is 12.5. The Balaban J connectivity index is 3.11. The van der Waals surface area contributed by atoms with E-state index in [2.05, 4.69) is 0 Å². The van der Waals surface area contributed by atoms with Crippen LogP contribution in [-0.2, 0) is 11.2 Å². The fourth-order valence-electron chi connectivity index (χ4n) is 1.49. The molecular weight excluding hydrogens is 210 g/mol. The number of nitrogens with two attached hydrogens (primary N) is 1. The summed E-state index contributed by atoms with van der Waals surface area (Å²) in [7, 11) is 0. The van der Waals surface area contributed by atoms with E-state index in [1.807, 2.05) is 0 Å². The Hall–Kier alpha value is -1.75. The molecule has 0 bridgehead atoms. The maximum Gasteiger partial charge on any atom is 0.320 e. The van der Waals surface area contributed by atoms with Gasteiger partial charge in [0.25, 0.3) is 0 Å². The van der Waals surface area contributed by atoms with Gasteiger partial charge in [-0.1, -0.05) is 6.07 Å². The SMILES string of the molecule is Cc1cc(CC(N)C(=O)O)c(C)c(O)c1O. The van der Waals surface area contributed by atoms with Gasteiger partial charge < -0.3 is 21.1 Å². The van der Waals surface area contributed by atoms with Crippen LogP contribution in [-0.4, -0.2) is 27.3 Å². The number of carbonyl (C=O) groups is 1. The minimum Gasteiger partial charge on any atom is -0.504 e. The third-order valence-corrected chi connectivity index (χ3v) is 2.58. The lowest BCUT2D eigenvalue weighted by Gasteiger charge is -2.13. The van der Waals surface area contributed by atoms with Gasteiger partial charge in [0, 0.05) is 0 Å². The number of carboxylic acid groups (broad SMARTS) is 1. The number of rotatable bonds is 3. The average molecular weight is 225 g/mol. The molecule has 1 atom stereocenters. The highest BCUT2D eigenvalue weighted by Gasteiger charge is 2.17. The van der Waals surface area contributed by atoms with Crippen LogP contribution in [0.5, 0.6) is 11.5 Å². The number of hydrogen-bond acceptors (Lipinski definition) is 4. The fourth-order valence-corrected chi connectivity index (χ4v) is 1.49. The van der Waals surface area contributed by atoms with Gasteiger partial charge in [-0.05, 0) is 37.0 Å². The Kier molecular flexibility index (Phi) is 3.39. The summed E-state index contributed by atoms with van der Waals surface area (Å²) in [6.07, 6.45) is 0.121. The first-order valence-corrected chi connectivity index (χ1v) is 4.84. The number of phenolic OH excluding ortho intramolecular Hbond substituents is 2. The van der Waals surface area contributed by atoms with Gasteiger partial charge in [0.15, 0.2) is 11.5 Å². The number of carboxylic acids is 1. The second kappa shape index (κ2) is 4.40. The van der Waals surface area contributed by atoms with Crippen molar-refractivity contribution in [1.29, 1.82) is 0 Å². The third-order valence-electron chi connectivity index (χ3n) is 2.58. The molecule has 0 spiro atoms. The molecule has 0 aliphatic heterocycles. The molecule has 1 aromatic carbocycles. The highest BCUT2D eigenvalue weighted by molar-refractivity contribution is 5.73. The number of phenols is 2. The second-order valence-electron chi connectivity index (χ2n) is 3.82. The Morgan fingerprint density at radius 2 is 1.94 bits per heavy atom. The molecule has 0 amide bonds. The predicted octanol–water partition coefficient (Wildman–Crippen LogP) is 0.669. The average Bonchev–Trinajstić information content (AvgIpc) is 2.22. The lowest BCUT2D eigenvalue weighted by atomic mass is 9.97. The van der Waals surface area contributed by atoms with Crippen LogP contribution < -0.4 is 5.73 Å². The van der Waals surface area contributed by atoms with Gasteiger partial charge in [-0.25, -0.2) is 0 Å². The van der Waals surface area contributed by atoms with E-state index in [0.717, 1.165) is 0 Å². The van der Waals surface area contributed by atoms with Crippen molar-refractivity contribution in [2.75, 3.05) is 0 Å². The summed E-state index contributed by atoms with van der Waals surface area (Å²) in [5.74, 6) is -1.48. The molecule has 0 saturated carbocycles. The number of hydrogen-bond donors (Lipinski definition) is 4. The molecular formula is C11H15NO4. The molecule has 5 N–H and O–H groups in total. The van der Waals surface area contributed by atoms with Gasteiger partial charge in [0.2, 0.25) is 0 Å². The molecule has 16 heavy (non-hydrogen) atoms. The standard InChI is InChI=1S/C11H15NO4/c1-5-3-7(4-8(12)11(15)16)6(2)10(14)9(5)13/h3,8,13-14H,4,12H2,1-2H3,(H,15,16). The topological polar surface area (TPSA) is 104 Å². The zero-order valence-corrected chi connectivity index (χ0v) is 9.19. The maximum absolute atomic E-state index is 10.6. The summed E-state index contributed by atoms with van der Waals surface area (Å²) in [6.45, 7) is 3.24. The predicted molar refractivity (Wildman–Crippen MR) is 58.6 cm³/mol. The third kappa shape index (κ3) is 2.25. The molecule has 1 rings (SSSR count). The fraction of sp³-hybridized carbons (Fsp3) is 0.364. The molecule has 0 saturated heterocycles. The number of aryl methyl sites for hydroxylation is 1. The van der Waals surface area contributed by atoms with E-state index >= 15 is 0 Å². The molecule has 0 aromatic heterocycles. The van der Waals surface area contributed by atoms with Crippen LogP contribution in [0.1, 0.15) is 16.7 Å². The van der Waals surface area contributed by atoms with Gasteiger partial charge >= 0.3 is 5.97 Å². The molecule has 5 nitrogen and oxygen atoms in total. The lowest BCUT2D eigenvalue weighted by Crippen LogP contribution is -2.32. The first-order chi connectivity index (χ1) is 7.34. The van der Waals surface area contributed by atoms with Crippen LogP contribution in [0.25, 0.3) is 0 Å². The summed E-state index contributed by atoms with van der Waals surface area (Å²) in [6, 6.07) is 0.620. The van der Waals surface area contributed by atoms with E-state index in [9.17, 15) is 15.0 Å². The van der Waals surface area contributed by atoms with E-state index in [1.54, 1.807) is 19.9 Å². The molecule has 1 unspecified atom stereocenters. The zero-order valence-electron chi connectivity index (χ0n) is 9.19. The second-order valence-corrected chi connectivity index (χ2v) is 3.82. The summed E-state index contributed by atoms with van der Waals surface area (Å²) in [5.41, 5.74) is 6.99. The van der Waals surface area contributed by atoms with E-state index in [-0.39, 0.29) is 17.9 Å². The van der Waals surface area contributed by atoms with Gasteiger partial charge in [-0.15, -0.1) is 0 Å². The minimum absolute atomic E-state index is 0.121. The van der Waals surface area contributed by atoms with Crippen molar-refractivity contribution in [1.82, 2.24) is 0 Å². The minimum atomic E-state index is -1.09. The van der Waals surface area contributed by atoms with Crippen LogP contribution in [0.3, 0.4) is 0 Å². The number of benzene rings is 1. The van der Waals surface area contributed by atoms with Crippen molar-refractivity contribution in [2.24, 2.45) is 5.73 Å². The van der Waals surface area contributed by atoms with Crippen molar-refractivity contribution >= 4 is 5.97 Å². The molecule has 88 valence electrons. The van der Waals surface area contributed by atoms with Crippen LogP contribution in [0.15, 0.2) is 6.07 Å². The van der Waals surface area contributed by atoms with Crippen molar-refractivity contribution in [3.05, 3.63) is 22.8 Å². The molecule has 0 radical (unpaired) electrons. The number of aromatic hydroxyl groups is 2. The summed E-state index contributed by atoms with van der Waals surface area (Å²) in [4.78, 5) is 10.6. The van der Waals surface area contributed by atoms with Crippen LogP contribution in [0, 0.1) is 13.8 Å². The van der Waals surface area contributed by atoms with E-state index in [0.29, 0.717) is 16.7 Å². The van der Waals surface area contributed by atoms with Crippen molar-refractivity contribution in [2.45, 2.75) is 26.3 Å². The van der Waals surface area contributed by atoms with Gasteiger partial charge in [0.1, 0.15) is 6.04 Å². The van der Waals surface area contributed by atoms with Gasteiger partial charge in [0.05, 0.1) is 0 Å². The Bertz CT molecular complexity index is 428. The maximum atomic E-state index is 10.6. The Morgan fingerprint density at radius 1 is 1.38 bits per heavy atom. The highest BCUT2D eigenvalue weighted by atomic mass is 16.4. The molecule has 5 heteroatoms. The van der Waals surface area contributed by atoms with Crippen molar-refractivity contribution < 1.29 is 20.1 Å². The van der Waals surface area contributed by atoms with Crippen molar-refractivity contribution in [3.8, 4) is 11.5 Å². The molecule has 0 fully saturated rings. The largest absolute Gasteiger partial charge is 0.504 e. The van der Waals surface area contributed by atoms with Gasteiger partial charge in [-0.2, -0.15) is 0 Å². The van der Waals surface area contributed by atoms with Crippen LogP contribution in [0.2, 0.25) is 0 Å². The highest BCUT2D eigenvalue weighted by Crippen LogP contribution is 2.34. The Labute approximate surface area is 93.1 Å². The molecule has 0 aliphatic rings. The summed E-state index contributed by atoms with van der Waals surface area (Å²) in [5, 5.41) is 27.7. The molecule has 0 aliphatic carbocycles. The van der Waals surface area contributed by atoms with E-state index in [4.69, 9.17) is 10.8 Å². The molecule has 1 aromatic rings. The van der Waals surface area contributed by atoms with Crippen LogP contribution in [0.4, 0.5) is 0 Å². The quantitative estimate of drug-likeness (QED) is 0.566. The van der Waals surface area contributed by atoms with Crippen LogP contribution >= 0.6 is 0 Å². The lowest BCUT2D eigenvalue weighted by molar-refractivity contribution is -0.138. The Morgan fingerprint density at radius 3 is 2.44 bits per heavy atom. The first kappa shape index (κ1) is 12.3. The van der Waals surface area contributed by atoms with E-state index in [1.165, 1.54) is 0 Å². The summed E-state index contributed by atoms with van der Waals surface area (Å²) < 4.78 is 0. The van der Waals surface area contributed by atoms with Crippen molar-refractivity contribution in [3.63, 3.8) is 0 Å². The molecule has 0 heterocycles. The smallest absolute Gasteiger partial charge is 0.320 e. The normalized spacial score (nSPS) is 12.4.